The summed E-state index contributed by atoms with van der Waals surface area (Å²) in [5.74, 6) is -0.428. The minimum atomic E-state index is -0.558. The van der Waals surface area contributed by atoms with E-state index in [4.69, 9.17) is 4.74 Å². The van der Waals surface area contributed by atoms with E-state index in [2.05, 4.69) is 26.0 Å². The molecule has 0 fully saturated rings. The van der Waals surface area contributed by atoms with Crippen LogP contribution in [0.15, 0.2) is 52.5 Å². The van der Waals surface area contributed by atoms with Crippen LogP contribution in [0.5, 0.6) is 5.75 Å². The SMILES string of the molecule is COC(=O)c1ccc(NC(=O)/C(C#N)=C/c2cc(Br)cc(OC)c2)cc1. The number of ether oxygens (including phenoxy) is 2. The third-order valence-electron chi connectivity index (χ3n) is 3.37. The van der Waals surface area contributed by atoms with Gasteiger partial charge >= 0.3 is 5.97 Å². The number of hydrogen-bond acceptors (Lipinski definition) is 5. The van der Waals surface area contributed by atoms with Gasteiger partial charge in [-0.05, 0) is 54.1 Å². The molecule has 0 aliphatic rings. The Kier molecular flexibility index (Phi) is 6.53. The van der Waals surface area contributed by atoms with Crippen molar-refractivity contribution in [2.75, 3.05) is 19.5 Å². The third kappa shape index (κ3) is 4.94. The summed E-state index contributed by atoms with van der Waals surface area (Å²) in [7, 11) is 2.82. The molecule has 0 aliphatic carbocycles. The third-order valence-corrected chi connectivity index (χ3v) is 3.83. The molecule has 0 saturated heterocycles. The largest absolute Gasteiger partial charge is 0.497 e. The highest BCUT2D eigenvalue weighted by molar-refractivity contribution is 9.10. The van der Waals surface area contributed by atoms with Crippen LogP contribution < -0.4 is 10.1 Å². The first kappa shape index (κ1) is 19.2. The van der Waals surface area contributed by atoms with Gasteiger partial charge in [0, 0.05) is 10.2 Å². The maximum Gasteiger partial charge on any atom is 0.337 e. The predicted molar refractivity (Wildman–Crippen MR) is 101 cm³/mol. The van der Waals surface area contributed by atoms with E-state index in [1.54, 1.807) is 30.3 Å². The van der Waals surface area contributed by atoms with Gasteiger partial charge in [0.05, 0.1) is 19.8 Å². The van der Waals surface area contributed by atoms with E-state index in [9.17, 15) is 14.9 Å². The molecule has 2 aromatic rings. The van der Waals surface area contributed by atoms with Crippen LogP contribution in [0.3, 0.4) is 0 Å². The Morgan fingerprint density at radius 3 is 2.42 bits per heavy atom. The molecule has 132 valence electrons. The van der Waals surface area contributed by atoms with Crippen LogP contribution in [-0.2, 0) is 9.53 Å². The number of esters is 1. The van der Waals surface area contributed by atoms with E-state index in [1.807, 2.05) is 6.07 Å². The molecule has 0 unspecified atom stereocenters. The summed E-state index contributed by atoms with van der Waals surface area (Å²) in [5, 5.41) is 11.9. The number of amides is 1. The molecule has 2 aromatic carbocycles. The van der Waals surface area contributed by atoms with Gasteiger partial charge < -0.3 is 14.8 Å². The van der Waals surface area contributed by atoms with E-state index in [0.717, 1.165) is 4.47 Å². The van der Waals surface area contributed by atoms with Crippen LogP contribution in [0, 0.1) is 11.3 Å². The average Bonchev–Trinajstić information content (AvgIpc) is 2.65. The second-order valence-corrected chi connectivity index (χ2v) is 6.03. The zero-order valence-electron chi connectivity index (χ0n) is 14.1. The highest BCUT2D eigenvalue weighted by Crippen LogP contribution is 2.23. The minimum absolute atomic E-state index is 0.0674. The van der Waals surface area contributed by atoms with Crippen molar-refractivity contribution >= 4 is 39.6 Å². The second-order valence-electron chi connectivity index (χ2n) is 5.12. The fraction of sp³-hybridized carbons (Fsp3) is 0.105. The zero-order chi connectivity index (χ0) is 19.1. The Morgan fingerprint density at radius 1 is 1.15 bits per heavy atom. The van der Waals surface area contributed by atoms with Crippen molar-refractivity contribution in [2.24, 2.45) is 0 Å². The summed E-state index contributed by atoms with van der Waals surface area (Å²) in [5.41, 5.74) is 1.39. The molecule has 0 heterocycles. The highest BCUT2D eigenvalue weighted by Gasteiger charge is 2.11. The normalized spacial score (nSPS) is 10.6. The molecular formula is C19H15BrN2O4. The van der Waals surface area contributed by atoms with Gasteiger partial charge in [-0.1, -0.05) is 15.9 Å². The van der Waals surface area contributed by atoms with Gasteiger partial charge in [0.15, 0.2) is 0 Å². The Balaban J connectivity index is 2.20. The maximum absolute atomic E-state index is 12.3. The van der Waals surface area contributed by atoms with Crippen molar-refractivity contribution < 1.29 is 19.1 Å². The van der Waals surface area contributed by atoms with Gasteiger partial charge in [0.1, 0.15) is 17.4 Å². The smallest absolute Gasteiger partial charge is 0.337 e. The Hall–Kier alpha value is -3.11. The Bertz CT molecular complexity index is 899. The summed E-state index contributed by atoms with van der Waals surface area (Å²) in [6.45, 7) is 0. The van der Waals surface area contributed by atoms with Gasteiger partial charge in [0.25, 0.3) is 5.91 Å². The summed E-state index contributed by atoms with van der Waals surface area (Å²) in [6.07, 6.45) is 1.46. The Morgan fingerprint density at radius 2 is 1.85 bits per heavy atom. The summed E-state index contributed by atoms with van der Waals surface area (Å²) >= 11 is 3.35. The predicted octanol–water partition coefficient (Wildman–Crippen LogP) is 3.79. The lowest BCUT2D eigenvalue weighted by atomic mass is 10.1. The lowest BCUT2D eigenvalue weighted by molar-refractivity contribution is -0.112. The van der Waals surface area contributed by atoms with Crippen LogP contribution in [0.25, 0.3) is 6.08 Å². The molecule has 0 saturated carbocycles. The number of nitrogens with one attached hydrogen (secondary N) is 1. The number of carbonyl (C=O) groups excluding carboxylic acids is 2. The fourth-order valence-electron chi connectivity index (χ4n) is 2.11. The van der Waals surface area contributed by atoms with Crippen LogP contribution in [-0.4, -0.2) is 26.1 Å². The number of halogens is 1. The zero-order valence-corrected chi connectivity index (χ0v) is 15.7. The summed E-state index contributed by atoms with van der Waals surface area (Å²) < 4.78 is 10.5. The van der Waals surface area contributed by atoms with Gasteiger partial charge in [-0.3, -0.25) is 4.79 Å². The first-order chi connectivity index (χ1) is 12.5. The van der Waals surface area contributed by atoms with Crippen LogP contribution in [0.4, 0.5) is 5.69 Å². The van der Waals surface area contributed by atoms with Crippen molar-refractivity contribution in [3.63, 3.8) is 0 Å². The molecule has 26 heavy (non-hydrogen) atoms. The number of nitriles is 1. The molecule has 0 radical (unpaired) electrons. The van der Waals surface area contributed by atoms with Gasteiger partial charge in [-0.2, -0.15) is 5.26 Å². The molecule has 0 aromatic heterocycles. The average molecular weight is 415 g/mol. The molecule has 7 heteroatoms. The summed E-state index contributed by atoms with van der Waals surface area (Å²) in [6, 6.07) is 13.3. The fourth-order valence-corrected chi connectivity index (χ4v) is 2.60. The van der Waals surface area contributed by atoms with Crippen LogP contribution >= 0.6 is 15.9 Å². The van der Waals surface area contributed by atoms with Gasteiger partial charge in [-0.15, -0.1) is 0 Å². The molecule has 0 spiro atoms. The van der Waals surface area contributed by atoms with Gasteiger partial charge in [0.2, 0.25) is 0 Å². The Labute approximate surface area is 159 Å². The number of nitrogens with zero attached hydrogens (tertiary/aromatic N) is 1. The van der Waals surface area contributed by atoms with Crippen molar-refractivity contribution in [3.8, 4) is 11.8 Å². The highest BCUT2D eigenvalue weighted by atomic mass is 79.9. The number of anilines is 1. The van der Waals surface area contributed by atoms with Crippen molar-refractivity contribution in [3.05, 3.63) is 63.6 Å². The first-order valence-corrected chi connectivity index (χ1v) is 8.22. The molecule has 0 atom stereocenters. The lowest BCUT2D eigenvalue weighted by Crippen LogP contribution is -2.13. The quantitative estimate of drug-likeness (QED) is 0.456. The topological polar surface area (TPSA) is 88.4 Å². The number of rotatable bonds is 5. The maximum atomic E-state index is 12.3. The molecule has 2 rings (SSSR count). The van der Waals surface area contributed by atoms with E-state index >= 15 is 0 Å². The van der Waals surface area contributed by atoms with Crippen molar-refractivity contribution in [2.45, 2.75) is 0 Å². The van der Waals surface area contributed by atoms with Crippen molar-refractivity contribution in [1.82, 2.24) is 0 Å². The molecule has 6 nitrogen and oxygen atoms in total. The van der Waals surface area contributed by atoms with E-state index in [1.165, 1.54) is 32.4 Å². The van der Waals surface area contributed by atoms with Crippen LogP contribution in [0.1, 0.15) is 15.9 Å². The molecule has 1 amide bonds. The first-order valence-electron chi connectivity index (χ1n) is 7.43. The van der Waals surface area contributed by atoms with Crippen LogP contribution in [0.2, 0.25) is 0 Å². The van der Waals surface area contributed by atoms with Gasteiger partial charge in [-0.25, -0.2) is 4.79 Å². The summed E-state index contributed by atoms with van der Waals surface area (Å²) in [4.78, 5) is 23.7. The molecule has 1 N–H and O–H groups in total. The lowest BCUT2D eigenvalue weighted by Gasteiger charge is -2.06. The molecular weight excluding hydrogens is 400 g/mol. The number of methoxy groups -OCH3 is 2. The standard InChI is InChI=1S/C19H15BrN2O4/c1-25-17-9-12(8-15(20)10-17)7-14(11-21)18(23)22-16-5-3-13(4-6-16)19(24)26-2/h3-10H,1-2H3,(H,22,23)/b14-7+. The molecule has 0 bridgehead atoms. The monoisotopic (exact) mass is 414 g/mol. The van der Waals surface area contributed by atoms with Crippen molar-refractivity contribution in [1.29, 1.82) is 5.26 Å². The van der Waals surface area contributed by atoms with E-state index in [0.29, 0.717) is 22.6 Å². The van der Waals surface area contributed by atoms with E-state index in [-0.39, 0.29) is 5.57 Å². The minimum Gasteiger partial charge on any atom is -0.497 e. The van der Waals surface area contributed by atoms with E-state index < -0.39 is 11.9 Å². The number of carbonyl (C=O) groups is 2. The number of hydrogen-bond donors (Lipinski definition) is 1. The second kappa shape index (κ2) is 8.83. The number of benzene rings is 2. The molecule has 0 aliphatic heterocycles.